The number of allylic oxidation sites excluding steroid dienone is 4. The minimum Gasteiger partial charge on any atom is -0.394 e. The highest BCUT2D eigenvalue weighted by atomic mass is 16.7. The Morgan fingerprint density at radius 1 is 0.414 bits per heavy atom. The molecule has 0 spiro atoms. The maximum Gasteiger partial charge on any atom is 0.220 e. The number of rotatable bonds is 62. The van der Waals surface area contributed by atoms with Crippen molar-refractivity contribution in [2.24, 2.45) is 0 Å². The molecule has 0 aromatic heterocycles. The van der Waals surface area contributed by atoms with E-state index in [-0.39, 0.29) is 12.5 Å². The summed E-state index contributed by atoms with van der Waals surface area (Å²) in [7, 11) is 0. The van der Waals surface area contributed by atoms with Gasteiger partial charge in [0.1, 0.15) is 48.8 Å². The molecule has 2 saturated heterocycles. The molecular weight excluding hydrogens is 1100 g/mol. The fourth-order valence-corrected chi connectivity index (χ4v) is 12.5. The number of nitrogens with one attached hydrogen (secondary N) is 1. The number of carbonyl (C=O) groups is 1. The Morgan fingerprint density at radius 2 is 0.759 bits per heavy atom. The van der Waals surface area contributed by atoms with Crippen molar-refractivity contribution in [1.82, 2.24) is 5.32 Å². The molecule has 0 saturated carbocycles. The van der Waals surface area contributed by atoms with Crippen LogP contribution in [0.2, 0.25) is 0 Å². The van der Waals surface area contributed by atoms with Crippen LogP contribution in [0.1, 0.15) is 341 Å². The molecule has 0 aromatic carbocycles. The third-order valence-corrected chi connectivity index (χ3v) is 18.4. The number of aliphatic hydroxyl groups excluding tert-OH is 8. The first-order valence-corrected chi connectivity index (χ1v) is 37.1. The van der Waals surface area contributed by atoms with Gasteiger partial charge < -0.3 is 65.1 Å². The Bertz CT molecular complexity index is 1550. The van der Waals surface area contributed by atoms with Crippen molar-refractivity contribution in [2.75, 3.05) is 19.8 Å². The van der Waals surface area contributed by atoms with Crippen LogP contribution < -0.4 is 5.32 Å². The molecule has 0 aromatic rings. The summed E-state index contributed by atoms with van der Waals surface area (Å²) >= 11 is 0. The van der Waals surface area contributed by atoms with Gasteiger partial charge in [0, 0.05) is 6.42 Å². The zero-order valence-electron chi connectivity index (χ0n) is 56.0. The number of aliphatic hydroxyl groups is 8. The highest BCUT2D eigenvalue weighted by molar-refractivity contribution is 5.76. The molecule has 514 valence electrons. The third-order valence-electron chi connectivity index (χ3n) is 18.4. The van der Waals surface area contributed by atoms with Crippen LogP contribution in [0.25, 0.3) is 0 Å². The molecule has 0 aliphatic carbocycles. The number of amides is 1. The van der Waals surface area contributed by atoms with E-state index < -0.39 is 86.8 Å². The van der Waals surface area contributed by atoms with Gasteiger partial charge in [0.15, 0.2) is 12.6 Å². The van der Waals surface area contributed by atoms with Crippen LogP contribution in [0.4, 0.5) is 0 Å². The summed E-state index contributed by atoms with van der Waals surface area (Å²) in [6.45, 7) is 2.90. The second-order valence-corrected chi connectivity index (χ2v) is 26.4. The fourth-order valence-electron chi connectivity index (χ4n) is 12.5. The molecule has 1 amide bonds. The predicted octanol–water partition coefficient (Wildman–Crippen LogP) is 15.5. The normalized spacial score (nSPS) is 23.3. The van der Waals surface area contributed by atoms with Gasteiger partial charge in [-0.25, -0.2) is 0 Å². The first kappa shape index (κ1) is 81.6. The van der Waals surface area contributed by atoms with Crippen molar-refractivity contribution in [2.45, 2.75) is 415 Å². The Labute approximate surface area is 532 Å². The number of carbonyl (C=O) groups excluding carboxylic acids is 1. The van der Waals surface area contributed by atoms with Crippen LogP contribution in [0.5, 0.6) is 0 Å². The lowest BCUT2D eigenvalue weighted by molar-refractivity contribution is -0.359. The van der Waals surface area contributed by atoms with Gasteiger partial charge in [-0.05, 0) is 44.9 Å². The average Bonchev–Trinajstić information content (AvgIpc) is 3.71. The molecule has 12 unspecified atom stereocenters. The second kappa shape index (κ2) is 58.3. The van der Waals surface area contributed by atoms with E-state index in [1.807, 2.05) is 0 Å². The van der Waals surface area contributed by atoms with Crippen molar-refractivity contribution in [3.8, 4) is 0 Å². The summed E-state index contributed by atoms with van der Waals surface area (Å²) in [6.07, 6.45) is 56.4. The van der Waals surface area contributed by atoms with E-state index in [1.54, 1.807) is 0 Å². The van der Waals surface area contributed by atoms with E-state index in [1.165, 1.54) is 257 Å². The van der Waals surface area contributed by atoms with Gasteiger partial charge in [0.25, 0.3) is 0 Å². The van der Waals surface area contributed by atoms with Crippen LogP contribution >= 0.6 is 0 Å². The van der Waals surface area contributed by atoms with Gasteiger partial charge in [-0.1, -0.05) is 314 Å². The van der Waals surface area contributed by atoms with E-state index in [4.69, 9.17) is 18.9 Å². The summed E-state index contributed by atoms with van der Waals surface area (Å²) in [5.41, 5.74) is 0. The van der Waals surface area contributed by atoms with E-state index >= 15 is 0 Å². The molecule has 14 nitrogen and oxygen atoms in total. The SMILES string of the molecule is CCCCCCC/C=C\C/C=C\CCCCCCCCCCCCCCCCCCCCCCCCCC(=O)NC(COC1OC(CO)C(OC2OC(CO)C(O)C(O)C2O)C(O)C1O)C(O)CCCCCCCCCCCCCCCCCCCC. The van der Waals surface area contributed by atoms with E-state index in [0.717, 1.165) is 57.8 Å². The largest absolute Gasteiger partial charge is 0.394 e. The van der Waals surface area contributed by atoms with Crippen molar-refractivity contribution in [1.29, 1.82) is 0 Å². The Hall–Kier alpha value is -1.53. The summed E-state index contributed by atoms with van der Waals surface area (Å²) < 4.78 is 22.9. The quantitative estimate of drug-likeness (QED) is 0.0204. The van der Waals surface area contributed by atoms with Gasteiger partial charge in [0.05, 0.1) is 32.0 Å². The Morgan fingerprint density at radius 3 is 1.15 bits per heavy atom. The summed E-state index contributed by atoms with van der Waals surface area (Å²) in [6, 6.07) is -0.826. The minimum absolute atomic E-state index is 0.199. The van der Waals surface area contributed by atoms with Gasteiger partial charge in [-0.3, -0.25) is 4.79 Å². The lowest BCUT2D eigenvalue weighted by Crippen LogP contribution is -2.65. The fraction of sp³-hybridized carbons (Fsp3) is 0.932. The van der Waals surface area contributed by atoms with Crippen molar-refractivity contribution < 1.29 is 64.6 Å². The summed E-state index contributed by atoms with van der Waals surface area (Å²) in [5.74, 6) is -0.199. The predicted molar refractivity (Wildman–Crippen MR) is 355 cm³/mol. The van der Waals surface area contributed by atoms with Crippen molar-refractivity contribution >= 4 is 5.91 Å². The molecule has 0 bridgehead atoms. The number of ether oxygens (including phenoxy) is 4. The van der Waals surface area contributed by atoms with E-state index in [2.05, 4.69) is 43.5 Å². The summed E-state index contributed by atoms with van der Waals surface area (Å²) in [5, 5.41) is 87.6. The van der Waals surface area contributed by atoms with Gasteiger partial charge in [0.2, 0.25) is 5.91 Å². The number of hydrogen-bond donors (Lipinski definition) is 9. The van der Waals surface area contributed by atoms with Crippen LogP contribution in [0.3, 0.4) is 0 Å². The zero-order chi connectivity index (χ0) is 63.1. The maximum absolute atomic E-state index is 13.4. The van der Waals surface area contributed by atoms with Gasteiger partial charge >= 0.3 is 0 Å². The van der Waals surface area contributed by atoms with Crippen LogP contribution in [-0.2, 0) is 23.7 Å². The van der Waals surface area contributed by atoms with E-state index in [0.29, 0.717) is 12.8 Å². The molecule has 87 heavy (non-hydrogen) atoms. The smallest absolute Gasteiger partial charge is 0.220 e. The van der Waals surface area contributed by atoms with Crippen LogP contribution in [0, 0.1) is 0 Å². The third kappa shape index (κ3) is 42.4. The average molecular weight is 1240 g/mol. The van der Waals surface area contributed by atoms with Crippen LogP contribution in [-0.4, -0.2) is 140 Å². The van der Waals surface area contributed by atoms with Crippen molar-refractivity contribution in [3.63, 3.8) is 0 Å². The van der Waals surface area contributed by atoms with Crippen LogP contribution in [0.15, 0.2) is 24.3 Å². The zero-order valence-corrected chi connectivity index (χ0v) is 56.0. The molecule has 2 fully saturated rings. The lowest BCUT2D eigenvalue weighted by Gasteiger charge is -2.46. The molecule has 2 aliphatic heterocycles. The lowest BCUT2D eigenvalue weighted by atomic mass is 9.97. The molecule has 2 rings (SSSR count). The maximum atomic E-state index is 13.4. The first-order valence-electron chi connectivity index (χ1n) is 37.1. The van der Waals surface area contributed by atoms with E-state index in [9.17, 15) is 45.6 Å². The molecule has 0 radical (unpaired) electrons. The standard InChI is InChI=1S/C73H139NO13/c1-3-5-7-9-11-13-15-17-19-21-23-24-25-26-27-28-29-30-31-32-33-34-35-36-37-38-39-41-43-45-47-49-51-53-55-57-65(78)74-61(62(77)56-54-52-50-48-46-44-42-40-22-20-18-16-14-12-10-8-6-4-2)60-84-72-70(83)68(81)71(64(59-76)86-72)87-73-69(82)67(80)66(79)63(58-75)85-73/h15,17,21,23,61-64,66-73,75-77,79-83H,3-14,16,18-20,22,24-60H2,1-2H3,(H,74,78)/b17-15-,23-21-. The Balaban J connectivity index is 1.59. The highest BCUT2D eigenvalue weighted by Crippen LogP contribution is 2.30. The summed E-state index contributed by atoms with van der Waals surface area (Å²) in [4.78, 5) is 13.4. The molecule has 2 aliphatic rings. The molecular formula is C73H139NO13. The topological polar surface area (TPSA) is 228 Å². The second-order valence-electron chi connectivity index (χ2n) is 26.4. The number of hydrogen-bond acceptors (Lipinski definition) is 13. The highest BCUT2D eigenvalue weighted by Gasteiger charge is 2.51. The molecule has 12 atom stereocenters. The molecule has 2 heterocycles. The molecule has 14 heteroatoms. The first-order chi connectivity index (χ1) is 42.6. The minimum atomic E-state index is -1.78. The number of unbranched alkanes of at least 4 members (excludes halogenated alkanes) is 45. The Kier molecular flexibility index (Phi) is 54.7. The van der Waals surface area contributed by atoms with Gasteiger partial charge in [-0.15, -0.1) is 0 Å². The monoisotopic (exact) mass is 1240 g/mol. The van der Waals surface area contributed by atoms with Crippen molar-refractivity contribution in [3.05, 3.63) is 24.3 Å². The molecule has 9 N–H and O–H groups in total. The van der Waals surface area contributed by atoms with Gasteiger partial charge in [-0.2, -0.15) is 0 Å².